The molecule has 0 bridgehead atoms. The van der Waals surface area contributed by atoms with E-state index in [-0.39, 0.29) is 24.9 Å². The molecule has 0 radical (unpaired) electrons. The number of halogens is 2. The van der Waals surface area contributed by atoms with E-state index < -0.39 is 0 Å². The van der Waals surface area contributed by atoms with Crippen molar-refractivity contribution < 1.29 is 14.3 Å². The standard InChI is InChI=1S/C19H21Cl2N3O3/c1-24(12-19(26)23-14-6-7-16(20)17(21)9-14)11-18(25)22-10-13-4-3-5-15(8-13)27-2/h3-9H,10-12H2,1-2H3,(H,22,25)(H,23,26). The number of rotatable bonds is 8. The summed E-state index contributed by atoms with van der Waals surface area (Å²) in [6.45, 7) is 0.547. The van der Waals surface area contributed by atoms with Crippen molar-refractivity contribution in [2.24, 2.45) is 0 Å². The zero-order valence-corrected chi connectivity index (χ0v) is 16.6. The summed E-state index contributed by atoms with van der Waals surface area (Å²) in [5.74, 6) is 0.303. The van der Waals surface area contributed by atoms with Crippen LogP contribution < -0.4 is 15.4 Å². The van der Waals surface area contributed by atoms with Gasteiger partial charge in [0.25, 0.3) is 0 Å². The largest absolute Gasteiger partial charge is 0.497 e. The van der Waals surface area contributed by atoms with Gasteiger partial charge < -0.3 is 15.4 Å². The Morgan fingerprint density at radius 2 is 1.78 bits per heavy atom. The minimum atomic E-state index is -0.253. The molecule has 6 nitrogen and oxygen atoms in total. The fourth-order valence-electron chi connectivity index (χ4n) is 2.36. The zero-order valence-electron chi connectivity index (χ0n) is 15.1. The number of nitrogens with zero attached hydrogens (tertiary/aromatic N) is 1. The minimum Gasteiger partial charge on any atom is -0.497 e. The van der Waals surface area contributed by atoms with Gasteiger partial charge in [-0.15, -0.1) is 0 Å². The second-order valence-corrected chi connectivity index (χ2v) is 6.79. The number of ether oxygens (including phenoxy) is 1. The van der Waals surface area contributed by atoms with E-state index in [0.717, 1.165) is 11.3 Å². The summed E-state index contributed by atoms with van der Waals surface area (Å²) >= 11 is 11.8. The molecular weight excluding hydrogens is 389 g/mol. The van der Waals surface area contributed by atoms with Crippen LogP contribution in [0.3, 0.4) is 0 Å². The normalized spacial score (nSPS) is 10.6. The van der Waals surface area contributed by atoms with Gasteiger partial charge in [0.2, 0.25) is 11.8 Å². The lowest BCUT2D eigenvalue weighted by Crippen LogP contribution is -2.38. The van der Waals surface area contributed by atoms with E-state index in [4.69, 9.17) is 27.9 Å². The molecule has 0 aliphatic heterocycles. The molecule has 0 heterocycles. The molecule has 2 amide bonds. The number of hydrogen-bond acceptors (Lipinski definition) is 4. The van der Waals surface area contributed by atoms with Gasteiger partial charge in [0.15, 0.2) is 0 Å². The van der Waals surface area contributed by atoms with Crippen molar-refractivity contribution in [2.75, 3.05) is 32.6 Å². The average molecular weight is 410 g/mol. The fraction of sp³-hybridized carbons (Fsp3) is 0.263. The first-order valence-corrected chi connectivity index (χ1v) is 8.96. The third-order valence-corrected chi connectivity index (χ3v) is 4.39. The number of hydrogen-bond donors (Lipinski definition) is 2. The molecule has 0 aromatic heterocycles. The van der Waals surface area contributed by atoms with Crippen LogP contribution in [0.4, 0.5) is 5.69 Å². The summed E-state index contributed by atoms with van der Waals surface area (Å²) in [6, 6.07) is 12.3. The highest BCUT2D eigenvalue weighted by atomic mass is 35.5. The van der Waals surface area contributed by atoms with Crippen molar-refractivity contribution >= 4 is 40.7 Å². The van der Waals surface area contributed by atoms with Crippen LogP contribution in [0.15, 0.2) is 42.5 Å². The van der Waals surface area contributed by atoms with Crippen LogP contribution in [0.2, 0.25) is 10.0 Å². The maximum atomic E-state index is 12.1. The maximum absolute atomic E-state index is 12.1. The lowest BCUT2D eigenvalue weighted by Gasteiger charge is -2.16. The summed E-state index contributed by atoms with van der Waals surface area (Å²) in [5, 5.41) is 6.31. The molecule has 0 unspecified atom stereocenters. The highest BCUT2D eigenvalue weighted by Crippen LogP contribution is 2.24. The van der Waals surface area contributed by atoms with Crippen molar-refractivity contribution in [1.29, 1.82) is 0 Å². The maximum Gasteiger partial charge on any atom is 0.238 e. The average Bonchev–Trinajstić information content (AvgIpc) is 2.63. The molecule has 0 saturated carbocycles. The van der Waals surface area contributed by atoms with Crippen molar-refractivity contribution in [3.05, 3.63) is 58.1 Å². The molecule has 2 aromatic carbocycles. The fourth-order valence-corrected chi connectivity index (χ4v) is 2.66. The molecule has 0 fully saturated rings. The number of nitrogens with one attached hydrogen (secondary N) is 2. The number of carbonyl (C=O) groups is 2. The Labute approximate surface area is 168 Å². The Balaban J connectivity index is 1.76. The van der Waals surface area contributed by atoms with Crippen molar-refractivity contribution in [1.82, 2.24) is 10.2 Å². The lowest BCUT2D eigenvalue weighted by atomic mass is 10.2. The molecule has 0 spiro atoms. The number of amides is 2. The predicted octanol–water partition coefficient (Wildman–Crippen LogP) is 3.19. The van der Waals surface area contributed by atoms with Crippen LogP contribution in [-0.4, -0.2) is 44.0 Å². The molecule has 0 saturated heterocycles. The quantitative estimate of drug-likeness (QED) is 0.702. The van der Waals surface area contributed by atoms with Gasteiger partial charge in [-0.3, -0.25) is 14.5 Å². The summed E-state index contributed by atoms with van der Waals surface area (Å²) in [6.07, 6.45) is 0. The van der Waals surface area contributed by atoms with Crippen LogP contribution in [0.1, 0.15) is 5.56 Å². The summed E-state index contributed by atoms with van der Waals surface area (Å²) in [5.41, 5.74) is 1.48. The smallest absolute Gasteiger partial charge is 0.238 e. The van der Waals surface area contributed by atoms with Crippen molar-refractivity contribution in [2.45, 2.75) is 6.54 Å². The molecule has 2 N–H and O–H groups in total. The first-order valence-electron chi connectivity index (χ1n) is 8.20. The number of benzene rings is 2. The third-order valence-electron chi connectivity index (χ3n) is 3.65. The van der Waals surface area contributed by atoms with E-state index >= 15 is 0 Å². The topological polar surface area (TPSA) is 70.7 Å². The molecule has 0 aliphatic rings. The SMILES string of the molecule is COc1cccc(CNC(=O)CN(C)CC(=O)Nc2ccc(Cl)c(Cl)c2)c1. The Hall–Kier alpha value is -2.28. The van der Waals surface area contributed by atoms with E-state index in [1.165, 1.54) is 0 Å². The number of carbonyl (C=O) groups excluding carboxylic acids is 2. The van der Waals surface area contributed by atoms with Gasteiger partial charge in [-0.05, 0) is 42.9 Å². The van der Waals surface area contributed by atoms with Gasteiger partial charge in [-0.1, -0.05) is 35.3 Å². The summed E-state index contributed by atoms with van der Waals surface area (Å²) in [7, 11) is 3.29. The molecule has 2 aromatic rings. The number of likely N-dealkylation sites (N-methyl/N-ethyl adjacent to an activating group) is 1. The van der Waals surface area contributed by atoms with Gasteiger partial charge in [0.1, 0.15) is 5.75 Å². The van der Waals surface area contributed by atoms with E-state index in [0.29, 0.717) is 22.3 Å². The minimum absolute atomic E-state index is 0.0623. The van der Waals surface area contributed by atoms with Gasteiger partial charge in [-0.25, -0.2) is 0 Å². The van der Waals surface area contributed by atoms with Crippen LogP contribution in [-0.2, 0) is 16.1 Å². The molecule has 144 valence electrons. The molecule has 8 heteroatoms. The Kier molecular flexibility index (Phi) is 7.91. The highest BCUT2D eigenvalue weighted by Gasteiger charge is 2.11. The van der Waals surface area contributed by atoms with Crippen molar-refractivity contribution in [3.8, 4) is 5.75 Å². The second-order valence-electron chi connectivity index (χ2n) is 5.98. The first kappa shape index (κ1) is 21.0. The number of methoxy groups -OCH3 is 1. The zero-order chi connectivity index (χ0) is 19.8. The van der Waals surface area contributed by atoms with Gasteiger partial charge in [0, 0.05) is 12.2 Å². The monoisotopic (exact) mass is 409 g/mol. The Morgan fingerprint density at radius 1 is 1.04 bits per heavy atom. The summed E-state index contributed by atoms with van der Waals surface area (Å²) in [4.78, 5) is 25.8. The van der Waals surface area contributed by atoms with Crippen LogP contribution in [0, 0.1) is 0 Å². The van der Waals surface area contributed by atoms with E-state index in [9.17, 15) is 9.59 Å². The van der Waals surface area contributed by atoms with Gasteiger partial charge in [-0.2, -0.15) is 0 Å². The van der Waals surface area contributed by atoms with Crippen LogP contribution >= 0.6 is 23.2 Å². The van der Waals surface area contributed by atoms with E-state index in [2.05, 4.69) is 10.6 Å². The molecule has 2 rings (SSSR count). The lowest BCUT2D eigenvalue weighted by molar-refractivity contribution is -0.123. The molecular formula is C19H21Cl2N3O3. The third kappa shape index (κ3) is 7.09. The second kappa shape index (κ2) is 10.2. The number of anilines is 1. The van der Waals surface area contributed by atoms with E-state index in [1.54, 1.807) is 37.3 Å². The van der Waals surface area contributed by atoms with E-state index in [1.807, 2.05) is 24.3 Å². The molecule has 0 aliphatic carbocycles. The molecule has 0 atom stereocenters. The highest BCUT2D eigenvalue weighted by molar-refractivity contribution is 6.42. The van der Waals surface area contributed by atoms with Gasteiger partial charge >= 0.3 is 0 Å². The van der Waals surface area contributed by atoms with Crippen LogP contribution in [0.25, 0.3) is 0 Å². The Morgan fingerprint density at radius 3 is 2.48 bits per heavy atom. The van der Waals surface area contributed by atoms with Crippen molar-refractivity contribution in [3.63, 3.8) is 0 Å². The Bertz CT molecular complexity index is 815. The predicted molar refractivity (Wildman–Crippen MR) is 107 cm³/mol. The van der Waals surface area contributed by atoms with Gasteiger partial charge in [0.05, 0.1) is 30.2 Å². The summed E-state index contributed by atoms with van der Waals surface area (Å²) < 4.78 is 5.15. The van der Waals surface area contributed by atoms with Crippen LogP contribution in [0.5, 0.6) is 5.75 Å². The first-order chi connectivity index (χ1) is 12.9. The molecule has 27 heavy (non-hydrogen) atoms.